The fraction of sp³-hybridized carbons (Fsp3) is 0.500. The van der Waals surface area contributed by atoms with Crippen LogP contribution in [0.2, 0.25) is 15.1 Å². The Kier molecular flexibility index (Phi) is 9.23. The summed E-state index contributed by atoms with van der Waals surface area (Å²) >= 11 is 18.1. The number of nitrogens with zero attached hydrogens (tertiary/aromatic N) is 3. The molecule has 1 saturated heterocycles. The Morgan fingerprint density at radius 3 is 2.16 bits per heavy atom. The molecule has 0 N–H and O–H groups in total. The SMILES string of the molecule is CC(=O)OC[C@H]1O[C@H](Oc2cc(Cl)c(Cl)cc2Cl)[C@H](OC(C)=O)[C@@H](N=[N+]=[N-])[C@H]1OC(C)=O. The number of ether oxygens (including phenoxy) is 5. The predicted octanol–water partition coefficient (Wildman–Crippen LogP) is 3.86. The Bertz CT molecular complexity index is 940. The van der Waals surface area contributed by atoms with Gasteiger partial charge in [-0.25, -0.2) is 0 Å². The van der Waals surface area contributed by atoms with E-state index >= 15 is 0 Å². The Morgan fingerprint density at radius 2 is 1.59 bits per heavy atom. The van der Waals surface area contributed by atoms with Crippen LogP contribution in [0.15, 0.2) is 17.2 Å². The van der Waals surface area contributed by atoms with Crippen LogP contribution in [-0.4, -0.2) is 55.2 Å². The lowest BCUT2D eigenvalue weighted by Crippen LogP contribution is -2.61. The number of carbonyl (C=O) groups is 3. The van der Waals surface area contributed by atoms with Gasteiger partial charge in [-0.15, -0.1) is 0 Å². The molecule has 0 radical (unpaired) electrons. The molecular weight excluding hydrogens is 493 g/mol. The Morgan fingerprint density at radius 1 is 1.00 bits per heavy atom. The molecule has 0 aromatic heterocycles. The molecule has 2 rings (SSSR count). The van der Waals surface area contributed by atoms with E-state index in [1.807, 2.05) is 0 Å². The largest absolute Gasteiger partial charge is 0.463 e. The summed E-state index contributed by atoms with van der Waals surface area (Å²) in [5, 5.41) is 3.96. The topological polar surface area (TPSA) is 146 Å². The molecule has 32 heavy (non-hydrogen) atoms. The average Bonchev–Trinajstić information content (AvgIpc) is 2.68. The van der Waals surface area contributed by atoms with Crippen molar-refractivity contribution >= 4 is 52.7 Å². The second-order valence-electron chi connectivity index (χ2n) is 6.50. The summed E-state index contributed by atoms with van der Waals surface area (Å²) in [7, 11) is 0. The number of carbonyl (C=O) groups excluding carboxylic acids is 3. The van der Waals surface area contributed by atoms with E-state index in [9.17, 15) is 14.4 Å². The molecule has 1 aromatic rings. The van der Waals surface area contributed by atoms with Gasteiger partial charge in [0.2, 0.25) is 6.29 Å². The molecule has 0 unspecified atom stereocenters. The first-order chi connectivity index (χ1) is 15.0. The number of hydrogen-bond donors (Lipinski definition) is 0. The summed E-state index contributed by atoms with van der Waals surface area (Å²) < 4.78 is 27.0. The molecule has 174 valence electrons. The zero-order chi connectivity index (χ0) is 24.0. The lowest BCUT2D eigenvalue weighted by molar-refractivity contribution is -0.259. The molecule has 1 aliphatic heterocycles. The van der Waals surface area contributed by atoms with Crippen LogP contribution in [0.4, 0.5) is 0 Å². The average molecular weight is 511 g/mol. The zero-order valence-electron chi connectivity index (χ0n) is 17.0. The van der Waals surface area contributed by atoms with Crippen molar-refractivity contribution in [1.29, 1.82) is 0 Å². The van der Waals surface area contributed by atoms with Crippen molar-refractivity contribution in [2.75, 3.05) is 6.61 Å². The van der Waals surface area contributed by atoms with Crippen LogP contribution in [0.1, 0.15) is 20.8 Å². The standard InChI is InChI=1S/C18H18Cl3N3O8/c1-7(25)28-6-14-16(29-8(2)26)15(23-24-22)17(30-9(3)27)18(32-14)31-13-5-11(20)10(19)4-12(13)21/h4-5,14-18H,6H2,1-3H3/t14-,15+,16+,17-,18+/m1/s1. The number of azide groups is 1. The normalized spacial score (nSPS) is 24.6. The molecule has 0 saturated carbocycles. The summed E-state index contributed by atoms with van der Waals surface area (Å²) in [5.74, 6) is -2.12. The smallest absolute Gasteiger partial charge is 0.303 e. The van der Waals surface area contributed by atoms with Gasteiger partial charge in [0, 0.05) is 31.7 Å². The van der Waals surface area contributed by atoms with Gasteiger partial charge in [-0.3, -0.25) is 14.4 Å². The minimum Gasteiger partial charge on any atom is -0.463 e. The van der Waals surface area contributed by atoms with E-state index in [2.05, 4.69) is 10.0 Å². The van der Waals surface area contributed by atoms with E-state index < -0.39 is 48.6 Å². The van der Waals surface area contributed by atoms with Crippen molar-refractivity contribution in [3.8, 4) is 5.75 Å². The van der Waals surface area contributed by atoms with Gasteiger partial charge in [-0.05, 0) is 11.6 Å². The van der Waals surface area contributed by atoms with Gasteiger partial charge >= 0.3 is 17.9 Å². The minimum absolute atomic E-state index is 0.0140. The summed E-state index contributed by atoms with van der Waals surface area (Å²) in [6.45, 7) is 3.02. The third-order valence-corrected chi connectivity index (χ3v) is 5.09. The molecule has 0 aliphatic carbocycles. The van der Waals surface area contributed by atoms with Gasteiger partial charge in [0.1, 0.15) is 30.6 Å². The minimum atomic E-state index is -1.42. The molecular formula is C18H18Cl3N3O8. The maximum absolute atomic E-state index is 11.7. The molecule has 1 aromatic carbocycles. The lowest BCUT2D eigenvalue weighted by atomic mass is 9.96. The molecule has 0 amide bonds. The van der Waals surface area contributed by atoms with Crippen molar-refractivity contribution in [3.05, 3.63) is 37.6 Å². The van der Waals surface area contributed by atoms with Crippen molar-refractivity contribution in [1.82, 2.24) is 0 Å². The first kappa shape index (κ1) is 25.8. The van der Waals surface area contributed by atoms with Crippen LogP contribution in [-0.2, 0) is 33.3 Å². The molecule has 0 bridgehead atoms. The fourth-order valence-electron chi connectivity index (χ4n) is 2.89. The third-order valence-electron chi connectivity index (χ3n) is 4.07. The number of esters is 3. The molecule has 1 fully saturated rings. The monoisotopic (exact) mass is 509 g/mol. The lowest BCUT2D eigenvalue weighted by Gasteiger charge is -2.43. The quantitative estimate of drug-likeness (QED) is 0.134. The van der Waals surface area contributed by atoms with Gasteiger partial charge in [-0.1, -0.05) is 39.9 Å². The summed E-state index contributed by atoms with van der Waals surface area (Å²) in [6.07, 6.45) is -5.20. The maximum Gasteiger partial charge on any atom is 0.303 e. The maximum atomic E-state index is 11.7. The predicted molar refractivity (Wildman–Crippen MR) is 111 cm³/mol. The first-order valence-electron chi connectivity index (χ1n) is 9.02. The van der Waals surface area contributed by atoms with E-state index in [0.29, 0.717) is 0 Å². The molecule has 11 nitrogen and oxygen atoms in total. The molecule has 14 heteroatoms. The second kappa shape index (κ2) is 11.4. The van der Waals surface area contributed by atoms with Gasteiger partial charge in [0.15, 0.2) is 6.10 Å². The summed E-state index contributed by atoms with van der Waals surface area (Å²) in [4.78, 5) is 37.5. The number of rotatable bonds is 7. The number of hydrogen-bond acceptors (Lipinski definition) is 9. The van der Waals surface area contributed by atoms with Crippen LogP contribution < -0.4 is 4.74 Å². The van der Waals surface area contributed by atoms with Gasteiger partial charge in [0.25, 0.3) is 0 Å². The van der Waals surface area contributed by atoms with E-state index in [1.165, 1.54) is 19.1 Å². The molecule has 5 atom stereocenters. The van der Waals surface area contributed by atoms with Crippen LogP contribution >= 0.6 is 34.8 Å². The van der Waals surface area contributed by atoms with Crippen LogP contribution in [0, 0.1) is 0 Å². The summed E-state index contributed by atoms with van der Waals surface area (Å²) in [5.41, 5.74) is 9.07. The van der Waals surface area contributed by atoms with Crippen LogP contribution in [0.25, 0.3) is 10.4 Å². The van der Waals surface area contributed by atoms with Crippen LogP contribution in [0.5, 0.6) is 5.75 Å². The Balaban J connectivity index is 2.49. The Hall–Kier alpha value is -2.43. The number of halogens is 3. The van der Waals surface area contributed by atoms with Gasteiger partial charge in [0.05, 0.1) is 15.1 Å². The molecule has 1 heterocycles. The van der Waals surface area contributed by atoms with Crippen molar-refractivity contribution in [2.24, 2.45) is 5.11 Å². The Labute approximate surface area is 197 Å². The highest BCUT2D eigenvalue weighted by Gasteiger charge is 2.51. The fourth-order valence-corrected chi connectivity index (χ4v) is 3.47. The first-order valence-corrected chi connectivity index (χ1v) is 10.2. The molecule has 1 aliphatic rings. The highest BCUT2D eigenvalue weighted by atomic mass is 35.5. The zero-order valence-corrected chi connectivity index (χ0v) is 19.3. The second-order valence-corrected chi connectivity index (χ2v) is 7.73. The highest BCUT2D eigenvalue weighted by molar-refractivity contribution is 6.43. The van der Waals surface area contributed by atoms with E-state index in [4.69, 9.17) is 64.0 Å². The summed E-state index contributed by atoms with van der Waals surface area (Å²) in [6, 6.07) is 1.34. The van der Waals surface area contributed by atoms with E-state index in [1.54, 1.807) is 0 Å². The van der Waals surface area contributed by atoms with E-state index in [0.717, 1.165) is 13.8 Å². The third kappa shape index (κ3) is 6.78. The van der Waals surface area contributed by atoms with Crippen LogP contribution in [0.3, 0.4) is 0 Å². The van der Waals surface area contributed by atoms with Gasteiger partial charge < -0.3 is 23.7 Å². The van der Waals surface area contributed by atoms with Gasteiger partial charge in [-0.2, -0.15) is 0 Å². The van der Waals surface area contributed by atoms with E-state index in [-0.39, 0.29) is 27.4 Å². The highest BCUT2D eigenvalue weighted by Crippen LogP contribution is 2.37. The van der Waals surface area contributed by atoms with Crippen molar-refractivity contribution in [2.45, 2.75) is 51.4 Å². The van der Waals surface area contributed by atoms with Crippen molar-refractivity contribution in [3.63, 3.8) is 0 Å². The van der Waals surface area contributed by atoms with Crippen molar-refractivity contribution < 1.29 is 38.1 Å². The number of benzene rings is 1. The molecule has 0 spiro atoms.